The van der Waals surface area contributed by atoms with Crippen LogP contribution in [0.15, 0.2) is 30.4 Å². The summed E-state index contributed by atoms with van der Waals surface area (Å²) < 4.78 is 5.26. The first-order valence-electron chi connectivity index (χ1n) is 5.46. The number of carbonyl (C=O) groups excluding carboxylic acids is 1. The Balaban J connectivity index is 2.41. The van der Waals surface area contributed by atoms with Crippen molar-refractivity contribution in [2.24, 2.45) is 0 Å². The fraction of sp³-hybridized carbons (Fsp3) is 0.308. The third-order valence-electron chi connectivity index (χ3n) is 2.08. The Labute approximate surface area is 117 Å². The Morgan fingerprint density at radius 2 is 2.17 bits per heavy atom. The molecule has 0 bridgehead atoms. The van der Waals surface area contributed by atoms with E-state index in [1.54, 1.807) is 18.2 Å². The monoisotopic (exact) mass is 287 g/mol. The zero-order valence-corrected chi connectivity index (χ0v) is 11.6. The lowest BCUT2D eigenvalue weighted by Crippen LogP contribution is -2.27. The van der Waals surface area contributed by atoms with Gasteiger partial charge in [-0.15, -0.1) is 0 Å². The Morgan fingerprint density at radius 1 is 1.44 bits per heavy atom. The molecule has 1 N–H and O–H groups in total. The van der Waals surface area contributed by atoms with Gasteiger partial charge in [0.25, 0.3) is 5.91 Å². The molecule has 0 atom stereocenters. The van der Waals surface area contributed by atoms with Gasteiger partial charge in [-0.1, -0.05) is 41.4 Å². The smallest absolute Gasteiger partial charge is 0.252 e. The molecule has 3 nitrogen and oxygen atoms in total. The first-order valence-corrected chi connectivity index (χ1v) is 6.22. The molecule has 0 unspecified atom stereocenters. The van der Waals surface area contributed by atoms with Crippen molar-refractivity contribution in [3.8, 4) is 0 Å². The van der Waals surface area contributed by atoms with Crippen molar-refractivity contribution in [1.29, 1.82) is 0 Å². The van der Waals surface area contributed by atoms with Crippen molar-refractivity contribution >= 4 is 29.1 Å². The molecule has 1 amide bonds. The van der Waals surface area contributed by atoms with Gasteiger partial charge in [0.2, 0.25) is 0 Å². The number of nitrogens with one attached hydrogen (secondary N) is 1. The van der Waals surface area contributed by atoms with E-state index in [2.05, 4.69) is 11.9 Å². The molecule has 0 aliphatic rings. The van der Waals surface area contributed by atoms with Crippen molar-refractivity contribution in [2.45, 2.75) is 6.92 Å². The van der Waals surface area contributed by atoms with Gasteiger partial charge in [-0.3, -0.25) is 4.79 Å². The molecule has 98 valence electrons. The van der Waals surface area contributed by atoms with Gasteiger partial charge in [0.1, 0.15) is 0 Å². The first kappa shape index (κ1) is 15.0. The molecule has 0 saturated heterocycles. The predicted molar refractivity (Wildman–Crippen MR) is 74.4 cm³/mol. The fourth-order valence-electron chi connectivity index (χ4n) is 1.26. The topological polar surface area (TPSA) is 38.3 Å². The van der Waals surface area contributed by atoms with E-state index in [4.69, 9.17) is 27.9 Å². The van der Waals surface area contributed by atoms with Crippen LogP contribution in [-0.4, -0.2) is 25.7 Å². The van der Waals surface area contributed by atoms with Crippen LogP contribution in [-0.2, 0) is 4.74 Å². The second kappa shape index (κ2) is 7.41. The Morgan fingerprint density at radius 3 is 2.83 bits per heavy atom. The molecular formula is C13H15Cl2NO2. The largest absolute Gasteiger partial charge is 0.375 e. The van der Waals surface area contributed by atoms with Crippen LogP contribution in [0.4, 0.5) is 0 Å². The molecule has 18 heavy (non-hydrogen) atoms. The van der Waals surface area contributed by atoms with Crippen LogP contribution >= 0.6 is 23.2 Å². The summed E-state index contributed by atoms with van der Waals surface area (Å²) in [7, 11) is 0. The molecule has 0 aliphatic heterocycles. The van der Waals surface area contributed by atoms with Crippen LogP contribution in [0.3, 0.4) is 0 Å². The van der Waals surface area contributed by atoms with Crippen LogP contribution in [0.25, 0.3) is 0 Å². The molecule has 1 aromatic rings. The summed E-state index contributed by atoms with van der Waals surface area (Å²) >= 11 is 11.8. The molecule has 0 radical (unpaired) electrons. The Hall–Kier alpha value is -1.03. The number of ether oxygens (including phenoxy) is 1. The lowest BCUT2D eigenvalue weighted by Gasteiger charge is -2.08. The molecule has 0 aromatic heterocycles. The minimum Gasteiger partial charge on any atom is -0.375 e. The van der Waals surface area contributed by atoms with Crippen molar-refractivity contribution < 1.29 is 9.53 Å². The third kappa shape index (κ3) is 4.69. The highest BCUT2D eigenvalue weighted by molar-refractivity contribution is 6.43. The van der Waals surface area contributed by atoms with Gasteiger partial charge in [-0.2, -0.15) is 0 Å². The van der Waals surface area contributed by atoms with Gasteiger partial charge in [0.05, 0.1) is 28.8 Å². The molecule has 0 aliphatic carbocycles. The number of amides is 1. The van der Waals surface area contributed by atoms with E-state index in [0.717, 1.165) is 5.57 Å². The maximum atomic E-state index is 11.8. The summed E-state index contributed by atoms with van der Waals surface area (Å²) in [5.41, 5.74) is 1.31. The summed E-state index contributed by atoms with van der Waals surface area (Å²) in [6.45, 7) is 6.92. The van der Waals surface area contributed by atoms with E-state index in [1.807, 2.05) is 6.92 Å². The van der Waals surface area contributed by atoms with E-state index in [1.165, 1.54) is 0 Å². The summed E-state index contributed by atoms with van der Waals surface area (Å²) in [6, 6.07) is 4.94. The predicted octanol–water partition coefficient (Wildman–Crippen LogP) is 3.32. The van der Waals surface area contributed by atoms with Gasteiger partial charge >= 0.3 is 0 Å². The Kier molecular flexibility index (Phi) is 6.19. The first-order chi connectivity index (χ1) is 8.52. The Bertz CT molecular complexity index is 447. The van der Waals surface area contributed by atoms with E-state index in [-0.39, 0.29) is 10.9 Å². The van der Waals surface area contributed by atoms with Crippen LogP contribution in [0.1, 0.15) is 17.3 Å². The number of carbonyl (C=O) groups is 1. The van der Waals surface area contributed by atoms with Gasteiger partial charge < -0.3 is 10.1 Å². The quantitative estimate of drug-likeness (QED) is 0.644. The second-order valence-electron chi connectivity index (χ2n) is 3.87. The molecule has 0 heterocycles. The van der Waals surface area contributed by atoms with Crippen LogP contribution < -0.4 is 5.32 Å². The lowest BCUT2D eigenvalue weighted by molar-refractivity contribution is 0.0927. The standard InChI is InChI=1S/C13H15Cl2NO2/c1-9(2)8-18-7-6-16-13(17)10-4-3-5-11(14)12(10)15/h3-5H,1,6-8H2,2H3,(H,16,17). The summed E-state index contributed by atoms with van der Waals surface area (Å²) in [5, 5.41) is 3.33. The molecule has 1 rings (SSSR count). The zero-order valence-electron chi connectivity index (χ0n) is 10.1. The van der Waals surface area contributed by atoms with Crippen LogP contribution in [0.2, 0.25) is 10.0 Å². The lowest BCUT2D eigenvalue weighted by atomic mass is 10.2. The van der Waals surface area contributed by atoms with E-state index >= 15 is 0 Å². The van der Waals surface area contributed by atoms with E-state index in [9.17, 15) is 4.79 Å². The highest BCUT2D eigenvalue weighted by Gasteiger charge is 2.11. The number of benzene rings is 1. The van der Waals surface area contributed by atoms with Crippen LogP contribution in [0.5, 0.6) is 0 Å². The van der Waals surface area contributed by atoms with Crippen LogP contribution in [0, 0.1) is 0 Å². The number of hydrogen-bond donors (Lipinski definition) is 1. The number of hydrogen-bond acceptors (Lipinski definition) is 2. The summed E-state index contributed by atoms with van der Waals surface area (Å²) in [4.78, 5) is 11.8. The van der Waals surface area contributed by atoms with E-state index < -0.39 is 0 Å². The second-order valence-corrected chi connectivity index (χ2v) is 4.65. The summed E-state index contributed by atoms with van der Waals surface area (Å²) in [5.74, 6) is -0.263. The highest BCUT2D eigenvalue weighted by Crippen LogP contribution is 2.25. The SMILES string of the molecule is C=C(C)COCCNC(=O)c1cccc(Cl)c1Cl. The van der Waals surface area contributed by atoms with Crippen molar-refractivity contribution in [3.05, 3.63) is 46.0 Å². The van der Waals surface area contributed by atoms with Gasteiger partial charge in [-0.25, -0.2) is 0 Å². The summed E-state index contributed by atoms with van der Waals surface area (Å²) in [6.07, 6.45) is 0. The molecule has 0 spiro atoms. The maximum absolute atomic E-state index is 11.8. The minimum absolute atomic E-state index is 0.263. The average Bonchev–Trinajstić information content (AvgIpc) is 2.31. The van der Waals surface area contributed by atoms with Crippen molar-refractivity contribution in [2.75, 3.05) is 19.8 Å². The zero-order chi connectivity index (χ0) is 13.5. The molecule has 1 aromatic carbocycles. The normalized spacial score (nSPS) is 10.2. The maximum Gasteiger partial charge on any atom is 0.252 e. The van der Waals surface area contributed by atoms with Gasteiger partial charge in [-0.05, 0) is 19.1 Å². The number of halogens is 2. The minimum atomic E-state index is -0.263. The molecular weight excluding hydrogens is 273 g/mol. The fourth-order valence-corrected chi connectivity index (χ4v) is 1.64. The molecule has 0 fully saturated rings. The van der Waals surface area contributed by atoms with E-state index in [0.29, 0.717) is 30.3 Å². The highest BCUT2D eigenvalue weighted by atomic mass is 35.5. The van der Waals surface area contributed by atoms with Crippen molar-refractivity contribution in [3.63, 3.8) is 0 Å². The van der Waals surface area contributed by atoms with Gasteiger partial charge in [0, 0.05) is 6.54 Å². The molecule has 5 heteroatoms. The third-order valence-corrected chi connectivity index (χ3v) is 2.90. The average molecular weight is 288 g/mol. The van der Waals surface area contributed by atoms with Crippen molar-refractivity contribution in [1.82, 2.24) is 5.32 Å². The number of rotatable bonds is 6. The molecule has 0 saturated carbocycles. The van der Waals surface area contributed by atoms with Gasteiger partial charge in [0.15, 0.2) is 0 Å².